The highest BCUT2D eigenvalue weighted by Crippen LogP contribution is 2.50. The summed E-state index contributed by atoms with van der Waals surface area (Å²) in [5.74, 6) is 0.586. The number of carbonyl (C=O) groups excluding carboxylic acids is 1. The van der Waals surface area contributed by atoms with E-state index in [1.807, 2.05) is 80.7 Å². The van der Waals surface area contributed by atoms with Crippen molar-refractivity contribution in [1.29, 1.82) is 0 Å². The van der Waals surface area contributed by atoms with Crippen LogP contribution in [0.3, 0.4) is 0 Å². The fraction of sp³-hybridized carbons (Fsp3) is 0.424. The maximum Gasteiger partial charge on any atom is 0.315 e. The fourth-order valence-corrected chi connectivity index (χ4v) is 6.21. The summed E-state index contributed by atoms with van der Waals surface area (Å²) in [6.07, 6.45) is 2.85. The Hall–Kier alpha value is -3.55. The van der Waals surface area contributed by atoms with Crippen LogP contribution in [0.1, 0.15) is 43.2 Å². The molecule has 1 saturated heterocycles. The Kier molecular flexibility index (Phi) is 8.92. The number of carbonyl (C=O) groups is 1. The molecule has 0 aromatic heterocycles. The topological polar surface area (TPSA) is 82.5 Å². The number of aromatic hydroxyl groups is 1. The molecule has 5 rings (SSSR count). The van der Waals surface area contributed by atoms with Crippen molar-refractivity contribution in [2.24, 2.45) is 5.92 Å². The molecular weight excluding hydrogens is 504 g/mol. The minimum Gasteiger partial charge on any atom is -0.507 e. The second-order valence-corrected chi connectivity index (χ2v) is 10.8. The number of esters is 1. The van der Waals surface area contributed by atoms with Crippen molar-refractivity contribution in [2.75, 3.05) is 44.9 Å². The maximum atomic E-state index is 13.6. The number of ether oxygens (including phenoxy) is 2. The summed E-state index contributed by atoms with van der Waals surface area (Å²) in [7, 11) is 1.99. The maximum absolute atomic E-state index is 13.6. The normalized spacial score (nSPS) is 19.4. The largest absolute Gasteiger partial charge is 0.507 e. The van der Waals surface area contributed by atoms with Gasteiger partial charge in [0.15, 0.2) is 0 Å². The number of benzene rings is 3. The summed E-state index contributed by atoms with van der Waals surface area (Å²) in [5, 5.41) is 21.2. The highest BCUT2D eigenvalue weighted by atomic mass is 16.5. The summed E-state index contributed by atoms with van der Waals surface area (Å²) < 4.78 is 11.8. The van der Waals surface area contributed by atoms with E-state index in [1.165, 1.54) is 0 Å². The van der Waals surface area contributed by atoms with E-state index in [4.69, 9.17) is 9.47 Å². The zero-order valence-electron chi connectivity index (χ0n) is 23.5. The highest BCUT2D eigenvalue weighted by molar-refractivity contribution is 5.90. The van der Waals surface area contributed by atoms with Gasteiger partial charge in [-0.15, -0.1) is 0 Å². The monoisotopic (exact) mass is 544 g/mol. The summed E-state index contributed by atoms with van der Waals surface area (Å²) >= 11 is 0. The molecule has 0 amide bonds. The van der Waals surface area contributed by atoms with Crippen LogP contribution < -0.4 is 9.64 Å². The molecule has 2 heterocycles. The molecule has 0 bridgehead atoms. The molecule has 212 valence electrons. The van der Waals surface area contributed by atoms with Gasteiger partial charge in [0.1, 0.15) is 24.0 Å². The van der Waals surface area contributed by atoms with Crippen molar-refractivity contribution in [1.82, 2.24) is 4.90 Å². The first-order valence-electron chi connectivity index (χ1n) is 14.4. The molecule has 2 unspecified atom stereocenters. The van der Waals surface area contributed by atoms with E-state index in [2.05, 4.69) is 9.80 Å². The highest BCUT2D eigenvalue weighted by Gasteiger charge is 2.45. The molecule has 7 heteroatoms. The number of likely N-dealkylation sites (N-methyl/N-ethyl adjacent to an activating group) is 1. The van der Waals surface area contributed by atoms with Gasteiger partial charge in [0.2, 0.25) is 0 Å². The summed E-state index contributed by atoms with van der Waals surface area (Å²) in [6.45, 7) is 4.92. The third kappa shape index (κ3) is 5.81. The molecule has 2 aliphatic rings. The van der Waals surface area contributed by atoms with Gasteiger partial charge in [-0.25, -0.2) is 0 Å². The molecule has 2 N–H and O–H groups in total. The molecule has 1 fully saturated rings. The van der Waals surface area contributed by atoms with Crippen molar-refractivity contribution < 1.29 is 24.5 Å². The second-order valence-electron chi connectivity index (χ2n) is 10.8. The Morgan fingerprint density at radius 1 is 1.02 bits per heavy atom. The lowest BCUT2D eigenvalue weighted by atomic mass is 9.87. The molecule has 7 nitrogen and oxygen atoms in total. The van der Waals surface area contributed by atoms with Crippen LogP contribution in [0.15, 0.2) is 66.7 Å². The lowest BCUT2D eigenvalue weighted by Gasteiger charge is -2.33. The number of anilines is 1. The Morgan fingerprint density at radius 2 is 1.70 bits per heavy atom. The average molecular weight is 545 g/mol. The zero-order chi connectivity index (χ0) is 28.1. The van der Waals surface area contributed by atoms with Gasteiger partial charge in [-0.2, -0.15) is 0 Å². The van der Waals surface area contributed by atoms with Gasteiger partial charge in [-0.3, -0.25) is 9.69 Å². The van der Waals surface area contributed by atoms with Crippen LogP contribution in [0.5, 0.6) is 11.5 Å². The van der Waals surface area contributed by atoms with Gasteiger partial charge < -0.3 is 24.6 Å². The smallest absolute Gasteiger partial charge is 0.315 e. The second kappa shape index (κ2) is 12.7. The van der Waals surface area contributed by atoms with E-state index in [0.717, 1.165) is 66.0 Å². The molecule has 3 aromatic rings. The minimum atomic E-state index is -0.596. The number of hydrogen-bond donors (Lipinski definition) is 2. The van der Waals surface area contributed by atoms with Crippen LogP contribution in [0.25, 0.3) is 11.1 Å². The number of likely N-dealkylation sites (tertiary alicyclic amines) is 1. The number of rotatable bonds is 10. The van der Waals surface area contributed by atoms with Gasteiger partial charge >= 0.3 is 5.97 Å². The first-order valence-corrected chi connectivity index (χ1v) is 14.4. The SMILES string of the molecule is CCOC(=O)C1c2c(cc(-c3ccccc3)c(O)c2CN2CCC(CCO)CC2)N(C)C1COc1ccccc1. The standard InChI is InChI=1S/C33H40N2O5/c1-3-39-33(38)31-29(22-40-25-12-8-5-9-13-25)34(2)28-20-26(24-10-6-4-7-11-24)32(37)27(30(28)31)21-35-17-14-23(15-18-35)16-19-36/h4-13,20,23,29,31,36-37H,3,14-19,21-22H2,1-2H3. The number of nitrogens with zero attached hydrogens (tertiary/aromatic N) is 2. The summed E-state index contributed by atoms with van der Waals surface area (Å²) in [5.41, 5.74) is 4.21. The zero-order valence-corrected chi connectivity index (χ0v) is 23.5. The lowest BCUT2D eigenvalue weighted by molar-refractivity contribution is -0.145. The third-order valence-corrected chi connectivity index (χ3v) is 8.41. The molecule has 0 saturated carbocycles. The summed E-state index contributed by atoms with van der Waals surface area (Å²) in [6, 6.07) is 21.2. The number of piperidine rings is 1. The molecule has 3 aromatic carbocycles. The van der Waals surface area contributed by atoms with Crippen molar-refractivity contribution in [3.8, 4) is 22.6 Å². The molecule has 2 atom stereocenters. The number of aliphatic hydroxyl groups is 1. The predicted octanol–water partition coefficient (Wildman–Crippen LogP) is 5.20. The van der Waals surface area contributed by atoms with Gasteiger partial charge in [0.05, 0.1) is 12.6 Å². The first-order chi connectivity index (χ1) is 19.5. The van der Waals surface area contributed by atoms with E-state index in [-0.39, 0.29) is 31.0 Å². The molecule has 40 heavy (non-hydrogen) atoms. The molecule has 0 spiro atoms. The predicted molar refractivity (Wildman–Crippen MR) is 157 cm³/mol. The molecular formula is C33H40N2O5. The Morgan fingerprint density at radius 3 is 2.35 bits per heavy atom. The number of fused-ring (bicyclic) bond motifs is 1. The average Bonchev–Trinajstić information content (AvgIpc) is 3.26. The summed E-state index contributed by atoms with van der Waals surface area (Å²) in [4.78, 5) is 18.0. The first kappa shape index (κ1) is 28.0. The van der Waals surface area contributed by atoms with Gasteiger partial charge in [0.25, 0.3) is 0 Å². The number of phenolic OH excluding ortho intramolecular Hbond substituents is 1. The van der Waals surface area contributed by atoms with Crippen LogP contribution in [0.4, 0.5) is 5.69 Å². The third-order valence-electron chi connectivity index (χ3n) is 8.41. The van der Waals surface area contributed by atoms with E-state index in [0.29, 0.717) is 19.1 Å². The van der Waals surface area contributed by atoms with Crippen molar-refractivity contribution >= 4 is 11.7 Å². The molecule has 0 aliphatic carbocycles. The van der Waals surface area contributed by atoms with Crippen molar-refractivity contribution in [3.63, 3.8) is 0 Å². The molecule has 2 aliphatic heterocycles. The fourth-order valence-electron chi connectivity index (χ4n) is 6.21. The number of aliphatic hydroxyl groups excluding tert-OH is 1. The van der Waals surface area contributed by atoms with Crippen LogP contribution in [0.2, 0.25) is 0 Å². The van der Waals surface area contributed by atoms with E-state index >= 15 is 0 Å². The van der Waals surface area contributed by atoms with Crippen LogP contribution in [0, 0.1) is 5.92 Å². The van der Waals surface area contributed by atoms with Crippen molar-refractivity contribution in [3.05, 3.63) is 77.9 Å². The van der Waals surface area contributed by atoms with E-state index < -0.39 is 5.92 Å². The lowest BCUT2D eigenvalue weighted by Crippen LogP contribution is -2.39. The minimum absolute atomic E-state index is 0.217. The molecule has 0 radical (unpaired) electrons. The Balaban J connectivity index is 1.56. The van der Waals surface area contributed by atoms with E-state index in [1.54, 1.807) is 0 Å². The number of phenols is 1. The van der Waals surface area contributed by atoms with Crippen LogP contribution >= 0.6 is 0 Å². The quantitative estimate of drug-likeness (QED) is 0.340. The van der Waals surface area contributed by atoms with Gasteiger partial charge in [-0.1, -0.05) is 48.5 Å². The van der Waals surface area contributed by atoms with Crippen LogP contribution in [-0.4, -0.2) is 67.1 Å². The van der Waals surface area contributed by atoms with Gasteiger partial charge in [0, 0.05) is 42.6 Å². The van der Waals surface area contributed by atoms with Crippen molar-refractivity contribution in [2.45, 2.75) is 44.7 Å². The van der Waals surface area contributed by atoms with Crippen LogP contribution in [-0.2, 0) is 16.1 Å². The Bertz CT molecular complexity index is 1280. The Labute approximate surface area is 237 Å². The number of hydrogen-bond acceptors (Lipinski definition) is 7. The van der Waals surface area contributed by atoms with Gasteiger partial charge in [-0.05, 0) is 69.0 Å². The van der Waals surface area contributed by atoms with E-state index in [9.17, 15) is 15.0 Å². The number of para-hydroxylation sites is 1.